The van der Waals surface area contributed by atoms with Crippen molar-refractivity contribution in [2.75, 3.05) is 32.6 Å². The van der Waals surface area contributed by atoms with Gasteiger partial charge in [-0.3, -0.25) is 5.10 Å². The molecule has 4 rings (SSSR count). The van der Waals surface area contributed by atoms with Crippen molar-refractivity contribution in [3.05, 3.63) is 59.4 Å². The molecule has 5 nitrogen and oxygen atoms in total. The Morgan fingerprint density at radius 3 is 2.85 bits per heavy atom. The van der Waals surface area contributed by atoms with E-state index in [1.807, 2.05) is 18.2 Å². The Morgan fingerprint density at radius 2 is 2.04 bits per heavy atom. The van der Waals surface area contributed by atoms with Crippen molar-refractivity contribution in [2.24, 2.45) is 0 Å². The topological polar surface area (TPSA) is 53.2 Å². The van der Waals surface area contributed by atoms with Crippen LogP contribution < -0.4 is 10.1 Å². The Hall–Kier alpha value is -2.86. The molecule has 27 heavy (non-hydrogen) atoms. The molecule has 1 heterocycles. The lowest BCUT2D eigenvalue weighted by atomic mass is 10.1. The van der Waals surface area contributed by atoms with Crippen molar-refractivity contribution < 1.29 is 9.13 Å². The predicted molar refractivity (Wildman–Crippen MR) is 105 cm³/mol. The molecule has 3 aromatic rings. The zero-order valence-corrected chi connectivity index (χ0v) is 15.6. The third kappa shape index (κ3) is 3.66. The SMILES string of the molecule is CN(C)CCCOc1cccc2c1Cc1c(Nc3cccc(F)c3)n[nH]c1-2. The quantitative estimate of drug-likeness (QED) is 0.482. The van der Waals surface area contributed by atoms with Gasteiger partial charge in [-0.1, -0.05) is 18.2 Å². The molecular formula is C21H23FN4O. The average molecular weight is 366 g/mol. The molecule has 2 aromatic carbocycles. The maximum atomic E-state index is 13.4. The Bertz CT molecular complexity index is 951. The van der Waals surface area contributed by atoms with Crippen LogP contribution in [0.3, 0.4) is 0 Å². The lowest BCUT2D eigenvalue weighted by molar-refractivity contribution is 0.280. The van der Waals surface area contributed by atoms with Gasteiger partial charge in [-0.25, -0.2) is 4.39 Å². The number of H-pyrrole nitrogens is 1. The first-order valence-corrected chi connectivity index (χ1v) is 9.11. The van der Waals surface area contributed by atoms with Gasteiger partial charge in [0.05, 0.1) is 12.3 Å². The minimum absolute atomic E-state index is 0.274. The largest absolute Gasteiger partial charge is 0.493 e. The van der Waals surface area contributed by atoms with Crippen molar-refractivity contribution in [3.63, 3.8) is 0 Å². The van der Waals surface area contributed by atoms with Crippen LogP contribution in [-0.4, -0.2) is 42.3 Å². The number of halogens is 1. The average Bonchev–Trinajstić information content (AvgIpc) is 3.19. The molecule has 0 atom stereocenters. The zero-order valence-electron chi connectivity index (χ0n) is 15.6. The second-order valence-electron chi connectivity index (χ2n) is 7.03. The standard InChI is InChI=1S/C21H23FN4O/c1-26(2)10-5-11-27-19-9-4-8-16-17(19)13-18-20(16)24-25-21(18)23-15-7-3-6-14(22)12-15/h3-4,6-9,12H,5,10-11,13H2,1-2H3,(H2,23,24,25). The van der Waals surface area contributed by atoms with Crippen molar-refractivity contribution in [3.8, 4) is 17.0 Å². The number of fused-ring (bicyclic) bond motifs is 3. The highest BCUT2D eigenvalue weighted by Crippen LogP contribution is 2.43. The summed E-state index contributed by atoms with van der Waals surface area (Å²) >= 11 is 0. The highest BCUT2D eigenvalue weighted by atomic mass is 19.1. The van der Waals surface area contributed by atoms with Crippen molar-refractivity contribution in [2.45, 2.75) is 12.8 Å². The predicted octanol–water partition coefficient (Wildman–Crippen LogP) is 4.19. The molecule has 140 valence electrons. The molecule has 0 saturated heterocycles. The molecule has 0 bridgehead atoms. The molecular weight excluding hydrogens is 343 g/mol. The number of nitrogens with one attached hydrogen (secondary N) is 2. The molecule has 1 aliphatic carbocycles. The van der Waals surface area contributed by atoms with Gasteiger partial charge < -0.3 is 15.0 Å². The maximum Gasteiger partial charge on any atom is 0.156 e. The van der Waals surface area contributed by atoms with Crippen molar-refractivity contribution in [1.82, 2.24) is 15.1 Å². The second kappa shape index (κ2) is 7.40. The third-order valence-electron chi connectivity index (χ3n) is 4.72. The van der Waals surface area contributed by atoms with E-state index in [1.165, 1.54) is 17.7 Å². The molecule has 1 aromatic heterocycles. The fraction of sp³-hybridized carbons (Fsp3) is 0.286. The van der Waals surface area contributed by atoms with Crippen molar-refractivity contribution in [1.29, 1.82) is 0 Å². The van der Waals surface area contributed by atoms with E-state index in [1.54, 1.807) is 6.07 Å². The molecule has 2 N–H and O–H groups in total. The number of benzene rings is 2. The summed E-state index contributed by atoms with van der Waals surface area (Å²) in [4.78, 5) is 2.15. The van der Waals surface area contributed by atoms with E-state index in [9.17, 15) is 4.39 Å². The molecule has 1 aliphatic rings. The number of hydrogen-bond acceptors (Lipinski definition) is 4. The van der Waals surface area contributed by atoms with Gasteiger partial charge in [-0.2, -0.15) is 5.10 Å². The number of aromatic nitrogens is 2. The van der Waals surface area contributed by atoms with Crippen LogP contribution in [0.25, 0.3) is 11.3 Å². The van der Waals surface area contributed by atoms with Gasteiger partial charge in [0.1, 0.15) is 11.6 Å². The lowest BCUT2D eigenvalue weighted by Crippen LogP contribution is -2.15. The van der Waals surface area contributed by atoms with Crippen LogP contribution in [0, 0.1) is 5.82 Å². The third-order valence-corrected chi connectivity index (χ3v) is 4.72. The van der Waals surface area contributed by atoms with Gasteiger partial charge in [-0.05, 0) is 44.8 Å². The lowest BCUT2D eigenvalue weighted by Gasteiger charge is -2.13. The number of anilines is 2. The van der Waals surface area contributed by atoms with Gasteiger partial charge in [0, 0.05) is 35.3 Å². The Balaban J connectivity index is 1.52. The van der Waals surface area contributed by atoms with E-state index in [-0.39, 0.29) is 5.82 Å². The summed E-state index contributed by atoms with van der Waals surface area (Å²) in [5, 5.41) is 10.7. The van der Waals surface area contributed by atoms with Gasteiger partial charge in [-0.15, -0.1) is 0 Å². The van der Waals surface area contributed by atoms with E-state index in [0.29, 0.717) is 12.3 Å². The molecule has 6 heteroatoms. The van der Waals surface area contributed by atoms with E-state index in [4.69, 9.17) is 4.74 Å². The monoisotopic (exact) mass is 366 g/mol. The summed E-state index contributed by atoms with van der Waals surface area (Å²) in [6.45, 7) is 1.69. The van der Waals surface area contributed by atoms with E-state index < -0.39 is 0 Å². The zero-order chi connectivity index (χ0) is 18.8. The maximum absolute atomic E-state index is 13.4. The summed E-state index contributed by atoms with van der Waals surface area (Å²) in [5.74, 6) is 1.38. The summed E-state index contributed by atoms with van der Waals surface area (Å²) < 4.78 is 19.5. The van der Waals surface area contributed by atoms with E-state index >= 15 is 0 Å². The van der Waals surface area contributed by atoms with Crippen LogP contribution in [0.1, 0.15) is 17.5 Å². The Labute approximate surface area is 158 Å². The highest BCUT2D eigenvalue weighted by Gasteiger charge is 2.27. The molecule has 0 spiro atoms. The first-order chi connectivity index (χ1) is 13.1. The minimum atomic E-state index is -0.274. The summed E-state index contributed by atoms with van der Waals surface area (Å²) in [6, 6.07) is 12.5. The molecule has 0 fully saturated rings. The van der Waals surface area contributed by atoms with Gasteiger partial charge in [0.15, 0.2) is 5.82 Å². The van der Waals surface area contributed by atoms with Crippen LogP contribution in [0.15, 0.2) is 42.5 Å². The van der Waals surface area contributed by atoms with Crippen LogP contribution in [0.2, 0.25) is 0 Å². The van der Waals surface area contributed by atoms with Gasteiger partial charge in [0.2, 0.25) is 0 Å². The fourth-order valence-electron chi connectivity index (χ4n) is 3.42. The van der Waals surface area contributed by atoms with Crippen LogP contribution in [-0.2, 0) is 6.42 Å². The number of hydrogen-bond donors (Lipinski definition) is 2. The van der Waals surface area contributed by atoms with Crippen LogP contribution in [0.5, 0.6) is 5.75 Å². The number of aromatic amines is 1. The molecule has 0 saturated carbocycles. The second-order valence-corrected chi connectivity index (χ2v) is 7.03. The number of nitrogens with zero attached hydrogens (tertiary/aromatic N) is 2. The Morgan fingerprint density at radius 1 is 1.19 bits per heavy atom. The first kappa shape index (κ1) is 17.5. The first-order valence-electron chi connectivity index (χ1n) is 9.11. The number of rotatable bonds is 7. The normalized spacial score (nSPS) is 12.1. The Kier molecular flexibility index (Phi) is 4.81. The molecule has 0 aliphatic heterocycles. The minimum Gasteiger partial charge on any atom is -0.493 e. The smallest absolute Gasteiger partial charge is 0.156 e. The van der Waals surface area contributed by atoms with Crippen LogP contribution in [0.4, 0.5) is 15.9 Å². The number of ether oxygens (including phenoxy) is 1. The van der Waals surface area contributed by atoms with Gasteiger partial charge in [0.25, 0.3) is 0 Å². The summed E-state index contributed by atoms with van der Waals surface area (Å²) in [6.07, 6.45) is 1.72. The molecule has 0 unspecified atom stereocenters. The molecule has 0 amide bonds. The van der Waals surface area contributed by atoms with E-state index in [2.05, 4.69) is 40.6 Å². The van der Waals surface area contributed by atoms with E-state index in [0.717, 1.165) is 47.8 Å². The highest BCUT2D eigenvalue weighted by molar-refractivity contribution is 5.81. The molecule has 0 radical (unpaired) electrons. The summed E-state index contributed by atoms with van der Waals surface area (Å²) in [7, 11) is 4.12. The van der Waals surface area contributed by atoms with Crippen molar-refractivity contribution >= 4 is 11.5 Å². The fourth-order valence-corrected chi connectivity index (χ4v) is 3.42. The van der Waals surface area contributed by atoms with Gasteiger partial charge >= 0.3 is 0 Å². The summed E-state index contributed by atoms with van der Waals surface area (Å²) in [5.41, 5.74) is 5.06. The van der Waals surface area contributed by atoms with Crippen LogP contribution >= 0.6 is 0 Å².